The quantitative estimate of drug-likeness (QED) is 0.700. The molecule has 1 aliphatic rings. The molecule has 8 heteroatoms. The van der Waals surface area contributed by atoms with Gasteiger partial charge in [-0.3, -0.25) is 4.79 Å². The molecule has 1 aliphatic heterocycles. The minimum absolute atomic E-state index is 0.153. The topological polar surface area (TPSA) is 66.5 Å². The summed E-state index contributed by atoms with van der Waals surface area (Å²) in [5.41, 5.74) is 3.01. The number of fused-ring (bicyclic) bond motifs is 1. The minimum Gasteiger partial charge on any atom is -0.322 e. The third kappa shape index (κ3) is 4.71. The highest BCUT2D eigenvalue weighted by atomic mass is 79.9. The van der Waals surface area contributed by atoms with E-state index >= 15 is 0 Å². The number of halogens is 2. The molecule has 1 amide bonds. The molecule has 0 saturated heterocycles. The summed E-state index contributed by atoms with van der Waals surface area (Å²) in [6, 6.07) is 10.7. The monoisotopic (exact) mass is 470 g/mol. The molecule has 1 N–H and O–H groups in total. The summed E-state index contributed by atoms with van der Waals surface area (Å²) in [5, 5.41) is 3.21. The predicted molar refractivity (Wildman–Crippen MR) is 112 cm³/mol. The van der Waals surface area contributed by atoms with Gasteiger partial charge in [0.2, 0.25) is 10.0 Å². The number of sulfonamides is 1. The van der Waals surface area contributed by atoms with Gasteiger partial charge in [-0.25, -0.2) is 8.42 Å². The second kappa shape index (κ2) is 8.31. The number of anilines is 1. The van der Waals surface area contributed by atoms with Crippen molar-refractivity contribution in [2.24, 2.45) is 0 Å². The maximum Gasteiger partial charge on any atom is 0.257 e. The first-order valence-electron chi connectivity index (χ1n) is 8.66. The Hall–Kier alpha value is -1.41. The largest absolute Gasteiger partial charge is 0.322 e. The molecule has 27 heavy (non-hydrogen) atoms. The van der Waals surface area contributed by atoms with Gasteiger partial charge in [-0.2, -0.15) is 4.31 Å². The molecule has 0 fully saturated rings. The van der Waals surface area contributed by atoms with E-state index in [0.717, 1.165) is 15.6 Å². The van der Waals surface area contributed by atoms with Gasteiger partial charge >= 0.3 is 0 Å². The molecular weight excluding hydrogens is 452 g/mol. The fourth-order valence-corrected chi connectivity index (χ4v) is 5.15. The molecule has 0 atom stereocenters. The number of rotatable bonds is 5. The Labute approximate surface area is 172 Å². The second-order valence-electron chi connectivity index (χ2n) is 6.46. The number of nitrogens with one attached hydrogen (secondary N) is 1. The SMILES string of the molecule is CCCS(=O)(=O)N1CCc2ccc(NC(=O)c3cc(Br)ccc3Cl)cc2C1. The number of amides is 1. The predicted octanol–water partition coefficient (Wildman–Crippen LogP) is 4.45. The van der Waals surface area contributed by atoms with Crippen molar-refractivity contribution in [1.29, 1.82) is 0 Å². The average molecular weight is 472 g/mol. The first kappa shape index (κ1) is 20.3. The Morgan fingerprint density at radius 1 is 1.22 bits per heavy atom. The van der Waals surface area contributed by atoms with Crippen LogP contribution in [0.15, 0.2) is 40.9 Å². The third-order valence-corrected chi connectivity index (χ3v) is 7.32. The van der Waals surface area contributed by atoms with Crippen LogP contribution in [0.4, 0.5) is 5.69 Å². The smallest absolute Gasteiger partial charge is 0.257 e. The van der Waals surface area contributed by atoms with Gasteiger partial charge in [-0.15, -0.1) is 0 Å². The van der Waals surface area contributed by atoms with Crippen LogP contribution >= 0.6 is 27.5 Å². The Kier molecular flexibility index (Phi) is 6.25. The van der Waals surface area contributed by atoms with Crippen molar-refractivity contribution in [3.05, 3.63) is 62.6 Å². The Morgan fingerprint density at radius 2 is 2.00 bits per heavy atom. The van der Waals surface area contributed by atoms with Gasteiger partial charge < -0.3 is 5.32 Å². The Bertz CT molecular complexity index is 979. The van der Waals surface area contributed by atoms with E-state index in [2.05, 4.69) is 21.2 Å². The van der Waals surface area contributed by atoms with Crippen LogP contribution in [0.3, 0.4) is 0 Å². The molecule has 144 valence electrons. The van der Waals surface area contributed by atoms with Gasteiger partial charge in [0.05, 0.1) is 16.3 Å². The number of hydrogen-bond acceptors (Lipinski definition) is 3. The average Bonchev–Trinajstić information content (AvgIpc) is 2.63. The van der Waals surface area contributed by atoms with E-state index in [9.17, 15) is 13.2 Å². The highest BCUT2D eigenvalue weighted by Crippen LogP contribution is 2.26. The molecule has 0 aromatic heterocycles. The van der Waals surface area contributed by atoms with Crippen molar-refractivity contribution in [1.82, 2.24) is 4.31 Å². The lowest BCUT2D eigenvalue weighted by atomic mass is 10.0. The molecule has 0 radical (unpaired) electrons. The molecular formula is C19H20BrClN2O3S. The summed E-state index contributed by atoms with van der Waals surface area (Å²) in [7, 11) is -3.24. The lowest BCUT2D eigenvalue weighted by molar-refractivity contribution is 0.102. The van der Waals surface area contributed by atoms with Crippen molar-refractivity contribution >= 4 is 49.1 Å². The molecule has 5 nitrogen and oxygen atoms in total. The maximum absolute atomic E-state index is 12.5. The normalized spacial score (nSPS) is 14.6. The van der Waals surface area contributed by atoms with Crippen molar-refractivity contribution in [3.63, 3.8) is 0 Å². The zero-order valence-corrected chi connectivity index (χ0v) is 18.0. The Balaban J connectivity index is 1.80. The molecule has 1 heterocycles. The number of hydrogen-bond donors (Lipinski definition) is 1. The van der Waals surface area contributed by atoms with Gasteiger partial charge in [0.15, 0.2) is 0 Å². The molecule has 2 aromatic rings. The highest BCUT2D eigenvalue weighted by Gasteiger charge is 2.26. The summed E-state index contributed by atoms with van der Waals surface area (Å²) in [5.74, 6) is -0.160. The van der Waals surface area contributed by atoms with Gasteiger partial charge in [-0.1, -0.05) is 40.5 Å². The van der Waals surface area contributed by atoms with Gasteiger partial charge in [0.25, 0.3) is 5.91 Å². The third-order valence-electron chi connectivity index (χ3n) is 4.47. The Morgan fingerprint density at radius 3 is 2.74 bits per heavy atom. The van der Waals surface area contributed by atoms with E-state index in [1.54, 1.807) is 18.2 Å². The second-order valence-corrected chi connectivity index (χ2v) is 9.87. The number of carbonyl (C=O) groups is 1. The number of carbonyl (C=O) groups excluding carboxylic acids is 1. The molecule has 3 rings (SSSR count). The van der Waals surface area contributed by atoms with Crippen LogP contribution in [-0.2, 0) is 23.0 Å². The van der Waals surface area contributed by atoms with Crippen LogP contribution in [0.5, 0.6) is 0 Å². The lowest BCUT2D eigenvalue weighted by Gasteiger charge is -2.28. The molecule has 0 saturated carbocycles. The zero-order valence-electron chi connectivity index (χ0n) is 14.8. The van der Waals surface area contributed by atoms with E-state index in [-0.39, 0.29) is 11.7 Å². The van der Waals surface area contributed by atoms with E-state index in [0.29, 0.717) is 42.2 Å². The van der Waals surface area contributed by atoms with Gasteiger partial charge in [0, 0.05) is 23.2 Å². The van der Waals surface area contributed by atoms with Crippen molar-refractivity contribution in [2.45, 2.75) is 26.3 Å². The molecule has 0 unspecified atom stereocenters. The van der Waals surface area contributed by atoms with Gasteiger partial charge in [-0.05, 0) is 54.3 Å². The van der Waals surface area contributed by atoms with Crippen LogP contribution in [0.2, 0.25) is 5.02 Å². The summed E-state index contributed by atoms with van der Waals surface area (Å²) in [4.78, 5) is 12.5. The number of nitrogens with zero attached hydrogens (tertiary/aromatic N) is 1. The van der Waals surface area contributed by atoms with Crippen LogP contribution in [0.25, 0.3) is 0 Å². The molecule has 0 bridgehead atoms. The zero-order chi connectivity index (χ0) is 19.6. The highest BCUT2D eigenvalue weighted by molar-refractivity contribution is 9.10. The first-order chi connectivity index (χ1) is 12.8. The van der Waals surface area contributed by atoms with Crippen LogP contribution < -0.4 is 5.32 Å². The standard InChI is InChI=1S/C19H20BrClN2O3S/c1-2-9-27(25,26)23-8-7-13-3-5-16(10-14(13)12-23)22-19(24)17-11-15(20)4-6-18(17)21/h3-6,10-11H,2,7-9,12H2,1H3,(H,22,24). The van der Waals surface area contributed by atoms with Crippen LogP contribution in [-0.4, -0.2) is 30.9 Å². The lowest BCUT2D eigenvalue weighted by Crippen LogP contribution is -2.37. The fraction of sp³-hybridized carbons (Fsp3) is 0.316. The molecule has 2 aromatic carbocycles. The summed E-state index contributed by atoms with van der Waals surface area (Å²) in [6.07, 6.45) is 1.26. The minimum atomic E-state index is -3.24. The van der Waals surface area contributed by atoms with Crippen LogP contribution in [0.1, 0.15) is 34.8 Å². The summed E-state index contributed by atoms with van der Waals surface area (Å²) >= 11 is 9.45. The van der Waals surface area contributed by atoms with E-state index in [1.165, 1.54) is 4.31 Å². The summed E-state index contributed by atoms with van der Waals surface area (Å²) in [6.45, 7) is 2.68. The van der Waals surface area contributed by atoms with Crippen molar-refractivity contribution < 1.29 is 13.2 Å². The van der Waals surface area contributed by atoms with E-state index in [4.69, 9.17) is 11.6 Å². The fourth-order valence-electron chi connectivity index (χ4n) is 3.10. The van der Waals surface area contributed by atoms with Crippen LogP contribution in [0, 0.1) is 0 Å². The van der Waals surface area contributed by atoms with Crippen molar-refractivity contribution in [2.75, 3.05) is 17.6 Å². The van der Waals surface area contributed by atoms with Crippen molar-refractivity contribution in [3.8, 4) is 0 Å². The summed E-state index contributed by atoms with van der Waals surface area (Å²) < 4.78 is 27.0. The van der Waals surface area contributed by atoms with E-state index in [1.807, 2.05) is 25.1 Å². The number of benzene rings is 2. The van der Waals surface area contributed by atoms with E-state index < -0.39 is 10.0 Å². The molecule has 0 aliphatic carbocycles. The molecule has 0 spiro atoms. The maximum atomic E-state index is 12.5. The first-order valence-corrected chi connectivity index (χ1v) is 11.4. The van der Waals surface area contributed by atoms with Gasteiger partial charge in [0.1, 0.15) is 0 Å².